The summed E-state index contributed by atoms with van der Waals surface area (Å²) in [6.45, 7) is -0.674. The predicted molar refractivity (Wildman–Crippen MR) is 53.2 cm³/mol. The van der Waals surface area contributed by atoms with E-state index in [1.807, 2.05) is 0 Å². The molecule has 7 heteroatoms. The van der Waals surface area contributed by atoms with E-state index in [1.165, 1.54) is 24.3 Å². The van der Waals surface area contributed by atoms with Crippen LogP contribution in [-0.2, 0) is 19.1 Å². The summed E-state index contributed by atoms with van der Waals surface area (Å²) < 4.78 is 27.1. The monoisotopic (exact) mass is 230 g/mol. The Labute approximate surface area is 87.0 Å². The number of rotatable bonds is 4. The number of hydrogen-bond acceptors (Lipinski definition) is 5. The van der Waals surface area contributed by atoms with Crippen LogP contribution in [0.25, 0.3) is 0 Å². The van der Waals surface area contributed by atoms with Crippen LogP contribution in [0.15, 0.2) is 29.2 Å². The van der Waals surface area contributed by atoms with Crippen molar-refractivity contribution in [2.24, 2.45) is 5.73 Å². The van der Waals surface area contributed by atoms with Gasteiger partial charge in [0.25, 0.3) is 10.1 Å². The van der Waals surface area contributed by atoms with Gasteiger partial charge in [-0.05, 0) is 24.3 Å². The van der Waals surface area contributed by atoms with Gasteiger partial charge >= 0.3 is 0 Å². The summed E-state index contributed by atoms with van der Waals surface area (Å²) in [5.74, 6) is -0.853. The van der Waals surface area contributed by atoms with Crippen LogP contribution in [0.2, 0.25) is 0 Å². The lowest BCUT2D eigenvalue weighted by molar-refractivity contribution is -0.119. The van der Waals surface area contributed by atoms with Crippen molar-refractivity contribution in [1.29, 1.82) is 0 Å². The number of nitrogens with two attached hydrogens (primary N) is 2. The minimum absolute atomic E-state index is 0.0713. The van der Waals surface area contributed by atoms with Crippen LogP contribution in [0, 0.1) is 0 Å². The highest BCUT2D eigenvalue weighted by molar-refractivity contribution is 7.86. The second-order valence-corrected chi connectivity index (χ2v) is 4.37. The van der Waals surface area contributed by atoms with E-state index in [4.69, 9.17) is 11.5 Å². The molecular weight excluding hydrogens is 220 g/mol. The van der Waals surface area contributed by atoms with Crippen LogP contribution in [0.4, 0.5) is 5.69 Å². The van der Waals surface area contributed by atoms with Gasteiger partial charge in [-0.3, -0.25) is 8.98 Å². The molecule has 0 saturated carbocycles. The maximum Gasteiger partial charge on any atom is 0.297 e. The standard InChI is InChI=1S/C8H10N2O4S/c9-6-1-3-7(4-2-6)15(12,13)14-5-8(10)11/h1-4H,5,9H2,(H2,10,11). The molecule has 4 N–H and O–H groups in total. The normalized spacial score (nSPS) is 11.2. The quantitative estimate of drug-likeness (QED) is 0.532. The van der Waals surface area contributed by atoms with Crippen molar-refractivity contribution in [1.82, 2.24) is 0 Å². The molecule has 0 spiro atoms. The van der Waals surface area contributed by atoms with Crippen molar-refractivity contribution in [2.45, 2.75) is 4.90 Å². The molecule has 0 bridgehead atoms. The van der Waals surface area contributed by atoms with Gasteiger partial charge in [0, 0.05) is 5.69 Å². The molecule has 0 aliphatic heterocycles. The van der Waals surface area contributed by atoms with E-state index in [0.717, 1.165) is 0 Å². The minimum Gasteiger partial charge on any atom is -0.399 e. The third-order valence-corrected chi connectivity index (χ3v) is 2.80. The second kappa shape index (κ2) is 4.28. The molecule has 1 amide bonds. The summed E-state index contributed by atoms with van der Waals surface area (Å²) in [7, 11) is -3.93. The Hall–Kier alpha value is -1.60. The van der Waals surface area contributed by atoms with Crippen molar-refractivity contribution in [2.75, 3.05) is 12.3 Å². The van der Waals surface area contributed by atoms with Crippen LogP contribution < -0.4 is 11.5 Å². The molecule has 82 valence electrons. The van der Waals surface area contributed by atoms with Gasteiger partial charge < -0.3 is 11.5 Å². The zero-order valence-corrected chi connectivity index (χ0v) is 8.53. The molecule has 15 heavy (non-hydrogen) atoms. The lowest BCUT2D eigenvalue weighted by Crippen LogP contribution is -2.21. The highest BCUT2D eigenvalue weighted by atomic mass is 32.2. The highest BCUT2D eigenvalue weighted by Crippen LogP contribution is 2.13. The Morgan fingerprint density at radius 3 is 2.27 bits per heavy atom. The minimum atomic E-state index is -3.93. The smallest absolute Gasteiger partial charge is 0.297 e. The van der Waals surface area contributed by atoms with Gasteiger partial charge in [0.05, 0.1) is 4.90 Å². The van der Waals surface area contributed by atoms with Crippen LogP contribution in [-0.4, -0.2) is 20.9 Å². The number of anilines is 1. The summed E-state index contributed by atoms with van der Waals surface area (Å²) in [5.41, 5.74) is 10.6. The van der Waals surface area contributed by atoms with Crippen LogP contribution in [0.5, 0.6) is 0 Å². The first-order chi connectivity index (χ1) is 6.92. The van der Waals surface area contributed by atoms with Crippen molar-refractivity contribution >= 4 is 21.7 Å². The molecule has 0 aliphatic carbocycles. The van der Waals surface area contributed by atoms with Gasteiger partial charge in [0.2, 0.25) is 5.91 Å². The molecule has 0 aromatic heterocycles. The molecule has 0 saturated heterocycles. The largest absolute Gasteiger partial charge is 0.399 e. The highest BCUT2D eigenvalue weighted by Gasteiger charge is 2.15. The fourth-order valence-corrected chi connectivity index (χ4v) is 1.71. The summed E-state index contributed by atoms with van der Waals surface area (Å²) >= 11 is 0. The Bertz CT molecular complexity index is 452. The number of carbonyl (C=O) groups excluding carboxylic acids is 1. The van der Waals surface area contributed by atoms with Gasteiger partial charge in [-0.2, -0.15) is 8.42 Å². The topological polar surface area (TPSA) is 112 Å². The maximum atomic E-state index is 11.4. The first-order valence-corrected chi connectivity index (χ1v) is 5.36. The van der Waals surface area contributed by atoms with Crippen LogP contribution >= 0.6 is 0 Å². The van der Waals surface area contributed by atoms with Gasteiger partial charge in [-0.15, -0.1) is 0 Å². The zero-order chi connectivity index (χ0) is 11.5. The number of primary amides is 1. The number of hydrogen-bond donors (Lipinski definition) is 2. The molecule has 1 rings (SSSR count). The van der Waals surface area contributed by atoms with Crippen molar-refractivity contribution in [3.63, 3.8) is 0 Å². The SMILES string of the molecule is NC(=O)COS(=O)(=O)c1ccc(N)cc1. The van der Waals surface area contributed by atoms with Crippen molar-refractivity contribution in [3.8, 4) is 0 Å². The average Bonchev–Trinajstić information content (AvgIpc) is 2.16. The summed E-state index contributed by atoms with van der Waals surface area (Å²) in [6.07, 6.45) is 0. The molecule has 0 radical (unpaired) electrons. The molecule has 0 atom stereocenters. The molecule has 0 unspecified atom stereocenters. The molecule has 1 aromatic carbocycles. The number of nitrogen functional groups attached to an aromatic ring is 1. The Morgan fingerprint density at radius 2 is 1.80 bits per heavy atom. The summed E-state index contributed by atoms with van der Waals surface area (Å²) in [5, 5.41) is 0. The Balaban J connectivity index is 2.87. The van der Waals surface area contributed by atoms with Gasteiger partial charge in [0.1, 0.15) is 6.61 Å². The third kappa shape index (κ3) is 3.22. The average molecular weight is 230 g/mol. The van der Waals surface area contributed by atoms with Gasteiger partial charge in [-0.25, -0.2) is 0 Å². The summed E-state index contributed by atoms with van der Waals surface area (Å²) in [6, 6.07) is 5.40. The molecule has 0 aliphatic rings. The van der Waals surface area contributed by atoms with Crippen LogP contribution in [0.1, 0.15) is 0 Å². The Kier molecular flexibility index (Phi) is 3.28. The van der Waals surface area contributed by atoms with E-state index in [0.29, 0.717) is 5.69 Å². The van der Waals surface area contributed by atoms with E-state index in [-0.39, 0.29) is 4.90 Å². The lowest BCUT2D eigenvalue weighted by Gasteiger charge is -2.03. The predicted octanol–water partition coefficient (Wildman–Crippen LogP) is -0.541. The lowest BCUT2D eigenvalue weighted by atomic mass is 10.3. The van der Waals surface area contributed by atoms with Gasteiger partial charge in [0.15, 0.2) is 0 Å². The second-order valence-electron chi connectivity index (χ2n) is 2.75. The van der Waals surface area contributed by atoms with E-state index in [1.54, 1.807) is 0 Å². The molecule has 6 nitrogen and oxygen atoms in total. The van der Waals surface area contributed by atoms with Crippen LogP contribution in [0.3, 0.4) is 0 Å². The fourth-order valence-electron chi connectivity index (χ4n) is 0.838. The Morgan fingerprint density at radius 1 is 1.27 bits per heavy atom. The first kappa shape index (κ1) is 11.5. The van der Waals surface area contributed by atoms with E-state index in [2.05, 4.69) is 4.18 Å². The maximum absolute atomic E-state index is 11.4. The number of amides is 1. The molecule has 1 aromatic rings. The fraction of sp³-hybridized carbons (Fsp3) is 0.125. The third-order valence-electron chi connectivity index (χ3n) is 1.53. The van der Waals surface area contributed by atoms with Crippen molar-refractivity contribution in [3.05, 3.63) is 24.3 Å². The first-order valence-electron chi connectivity index (χ1n) is 3.95. The summed E-state index contributed by atoms with van der Waals surface area (Å²) in [4.78, 5) is 10.3. The molecule has 0 heterocycles. The zero-order valence-electron chi connectivity index (χ0n) is 7.71. The van der Waals surface area contributed by atoms with E-state index < -0.39 is 22.6 Å². The number of carbonyl (C=O) groups is 1. The van der Waals surface area contributed by atoms with Gasteiger partial charge in [-0.1, -0.05) is 0 Å². The van der Waals surface area contributed by atoms with E-state index >= 15 is 0 Å². The molecule has 0 fully saturated rings. The number of benzene rings is 1. The molecular formula is C8H10N2O4S. The van der Waals surface area contributed by atoms with E-state index in [9.17, 15) is 13.2 Å². The van der Waals surface area contributed by atoms with Crippen molar-refractivity contribution < 1.29 is 17.4 Å².